The molecule has 114 valence electrons. The Morgan fingerprint density at radius 3 is 2.55 bits per heavy atom. The van der Waals surface area contributed by atoms with E-state index < -0.39 is 0 Å². The second-order valence-electron chi connectivity index (χ2n) is 4.66. The van der Waals surface area contributed by atoms with Crippen molar-refractivity contribution in [1.29, 1.82) is 0 Å². The van der Waals surface area contributed by atoms with E-state index in [1.165, 1.54) is 11.9 Å². The van der Waals surface area contributed by atoms with Crippen molar-refractivity contribution >= 4 is 52.6 Å². The molecule has 0 saturated heterocycles. The molecule has 0 atom stereocenters. The summed E-state index contributed by atoms with van der Waals surface area (Å²) in [6.07, 6.45) is 0. The minimum atomic E-state index is -0.163. The summed E-state index contributed by atoms with van der Waals surface area (Å²) in [5.41, 5.74) is 1.49. The van der Waals surface area contributed by atoms with Crippen LogP contribution in [0.5, 0.6) is 5.75 Å². The molecule has 0 aliphatic carbocycles. The van der Waals surface area contributed by atoms with Crippen molar-refractivity contribution in [1.82, 2.24) is 0 Å². The first-order valence-electron chi connectivity index (χ1n) is 6.40. The third-order valence-corrected chi connectivity index (χ3v) is 5.15. The second-order valence-corrected chi connectivity index (χ2v) is 6.46. The zero-order chi connectivity index (χ0) is 15.9. The van der Waals surface area contributed by atoms with E-state index in [2.05, 4.69) is 0 Å². The van der Waals surface area contributed by atoms with E-state index >= 15 is 0 Å². The molecule has 0 N–H and O–H groups in total. The molecule has 0 unspecified atom stereocenters. The average molecular weight is 355 g/mol. The van der Waals surface area contributed by atoms with Crippen molar-refractivity contribution in [3.63, 3.8) is 0 Å². The van der Waals surface area contributed by atoms with Crippen molar-refractivity contribution in [3.8, 4) is 5.75 Å². The summed E-state index contributed by atoms with van der Waals surface area (Å²) < 4.78 is 6.79. The van der Waals surface area contributed by atoms with Gasteiger partial charge in [-0.2, -0.15) is 0 Å². The van der Waals surface area contributed by atoms with Crippen LogP contribution in [0.4, 0.5) is 16.2 Å². The van der Waals surface area contributed by atoms with Crippen molar-refractivity contribution in [2.75, 3.05) is 23.4 Å². The molecule has 0 radical (unpaired) electrons. The Morgan fingerprint density at radius 1 is 1.09 bits per heavy atom. The van der Waals surface area contributed by atoms with Gasteiger partial charge < -0.3 is 4.74 Å². The quantitative estimate of drug-likeness (QED) is 0.704. The smallest absolute Gasteiger partial charge is 0.339 e. The lowest BCUT2D eigenvalue weighted by Gasteiger charge is -2.33. The zero-order valence-corrected chi connectivity index (χ0v) is 14.2. The van der Waals surface area contributed by atoms with Gasteiger partial charge in [-0.25, -0.2) is 9.10 Å². The largest absolute Gasteiger partial charge is 0.497 e. The van der Waals surface area contributed by atoms with Crippen LogP contribution in [-0.2, 0) is 0 Å². The van der Waals surface area contributed by atoms with Gasteiger partial charge >= 0.3 is 6.03 Å². The maximum Gasteiger partial charge on any atom is 0.339 e. The molecule has 2 aromatic rings. The number of carbonyl (C=O) groups is 1. The van der Waals surface area contributed by atoms with Crippen molar-refractivity contribution in [2.24, 2.45) is 0 Å². The molecule has 1 aliphatic heterocycles. The van der Waals surface area contributed by atoms with Gasteiger partial charge in [0, 0.05) is 13.1 Å². The van der Waals surface area contributed by atoms with E-state index in [9.17, 15) is 4.79 Å². The van der Waals surface area contributed by atoms with E-state index in [-0.39, 0.29) is 6.03 Å². The Kier molecular flexibility index (Phi) is 4.12. The molecule has 2 aromatic carbocycles. The fourth-order valence-electron chi connectivity index (χ4n) is 2.11. The molecular formula is C15H12Cl2N2O2S. The standard InChI is InChI=1S/C15H12Cl2N2O2S/c1-18-13-8-10(21-2)4-6-14(13)22-19(15(18)20)9-3-5-11(16)12(17)7-9/h3-8H,1-2H3. The summed E-state index contributed by atoms with van der Waals surface area (Å²) in [7, 11) is 3.33. The number of anilines is 2. The number of fused-ring (bicyclic) bond motifs is 1. The lowest BCUT2D eigenvalue weighted by Crippen LogP contribution is -2.40. The number of rotatable bonds is 2. The molecule has 0 fully saturated rings. The van der Waals surface area contributed by atoms with Crippen LogP contribution in [0.1, 0.15) is 0 Å². The molecule has 22 heavy (non-hydrogen) atoms. The third kappa shape index (κ3) is 2.60. The number of benzene rings is 2. The maximum absolute atomic E-state index is 12.6. The molecule has 4 nitrogen and oxygen atoms in total. The predicted molar refractivity (Wildman–Crippen MR) is 91.6 cm³/mol. The van der Waals surface area contributed by atoms with E-state index in [0.717, 1.165) is 10.6 Å². The van der Waals surface area contributed by atoms with Gasteiger partial charge in [0.1, 0.15) is 5.75 Å². The first kappa shape index (κ1) is 15.3. The van der Waals surface area contributed by atoms with Gasteiger partial charge in [-0.3, -0.25) is 4.90 Å². The first-order chi connectivity index (χ1) is 10.5. The molecule has 0 spiro atoms. The molecular weight excluding hydrogens is 343 g/mol. The Balaban J connectivity index is 2.01. The second kappa shape index (κ2) is 5.91. The third-order valence-electron chi connectivity index (χ3n) is 3.32. The lowest BCUT2D eigenvalue weighted by molar-refractivity contribution is 0.255. The van der Waals surface area contributed by atoms with Crippen LogP contribution in [0.15, 0.2) is 41.3 Å². The van der Waals surface area contributed by atoms with E-state index in [4.69, 9.17) is 27.9 Å². The number of methoxy groups -OCH3 is 1. The summed E-state index contributed by atoms with van der Waals surface area (Å²) >= 11 is 13.3. The van der Waals surface area contributed by atoms with Crippen LogP contribution in [0.25, 0.3) is 0 Å². The summed E-state index contributed by atoms with van der Waals surface area (Å²) in [6.45, 7) is 0. The van der Waals surface area contributed by atoms with Crippen molar-refractivity contribution in [2.45, 2.75) is 4.90 Å². The molecule has 3 rings (SSSR count). The Bertz CT molecular complexity index is 754. The summed E-state index contributed by atoms with van der Waals surface area (Å²) in [4.78, 5) is 15.1. The Morgan fingerprint density at radius 2 is 1.86 bits per heavy atom. The Labute approximate surface area is 142 Å². The molecule has 1 aliphatic rings. The first-order valence-corrected chi connectivity index (χ1v) is 7.93. The predicted octanol–water partition coefficient (Wildman–Crippen LogP) is 5.09. The van der Waals surface area contributed by atoms with Crippen LogP contribution in [0.3, 0.4) is 0 Å². The summed E-state index contributed by atoms with van der Waals surface area (Å²) in [5.74, 6) is 0.710. The lowest BCUT2D eigenvalue weighted by atomic mass is 10.2. The highest BCUT2D eigenvalue weighted by Crippen LogP contribution is 2.43. The van der Waals surface area contributed by atoms with Crippen molar-refractivity contribution in [3.05, 3.63) is 46.4 Å². The highest BCUT2D eigenvalue weighted by Gasteiger charge is 2.30. The number of halogens is 2. The SMILES string of the molecule is COc1ccc2c(c1)N(C)C(=O)N(c1ccc(Cl)c(Cl)c1)S2. The van der Waals surface area contributed by atoms with Crippen LogP contribution in [-0.4, -0.2) is 20.2 Å². The van der Waals surface area contributed by atoms with Gasteiger partial charge in [-0.15, -0.1) is 0 Å². The fraction of sp³-hybridized carbons (Fsp3) is 0.133. The molecule has 7 heteroatoms. The fourth-order valence-corrected chi connectivity index (χ4v) is 3.44. The van der Waals surface area contributed by atoms with Crippen LogP contribution >= 0.6 is 35.1 Å². The van der Waals surface area contributed by atoms with Gasteiger partial charge in [0.25, 0.3) is 0 Å². The summed E-state index contributed by atoms with van der Waals surface area (Å²) in [5, 5.41) is 0.870. The van der Waals surface area contributed by atoms with Gasteiger partial charge in [-0.1, -0.05) is 23.2 Å². The number of carbonyl (C=O) groups excluding carboxylic acids is 1. The number of hydrogen-bond donors (Lipinski definition) is 0. The summed E-state index contributed by atoms with van der Waals surface area (Å²) in [6, 6.07) is 10.6. The number of amides is 2. The normalized spacial score (nSPS) is 14.1. The maximum atomic E-state index is 12.6. The monoisotopic (exact) mass is 354 g/mol. The molecule has 0 aromatic heterocycles. The molecule has 0 bridgehead atoms. The molecule has 2 amide bonds. The van der Waals surface area contributed by atoms with Crippen LogP contribution in [0, 0.1) is 0 Å². The number of ether oxygens (including phenoxy) is 1. The molecule has 1 heterocycles. The molecule has 0 saturated carbocycles. The van der Waals surface area contributed by atoms with Gasteiger partial charge in [0.2, 0.25) is 0 Å². The van der Waals surface area contributed by atoms with Crippen molar-refractivity contribution < 1.29 is 9.53 Å². The number of nitrogens with zero attached hydrogens (tertiary/aromatic N) is 2. The highest BCUT2D eigenvalue weighted by molar-refractivity contribution is 8.01. The minimum absolute atomic E-state index is 0.163. The van der Waals surface area contributed by atoms with E-state index in [0.29, 0.717) is 21.5 Å². The van der Waals surface area contributed by atoms with Gasteiger partial charge in [-0.05, 0) is 42.3 Å². The topological polar surface area (TPSA) is 32.8 Å². The van der Waals surface area contributed by atoms with E-state index in [1.807, 2.05) is 18.2 Å². The highest BCUT2D eigenvalue weighted by atomic mass is 35.5. The Hall–Kier alpha value is -1.56. The van der Waals surface area contributed by atoms with E-state index in [1.54, 1.807) is 41.6 Å². The van der Waals surface area contributed by atoms with Crippen LogP contribution < -0.4 is 13.9 Å². The number of urea groups is 1. The number of hydrogen-bond acceptors (Lipinski definition) is 3. The van der Waals surface area contributed by atoms with Crippen LogP contribution in [0.2, 0.25) is 10.0 Å². The zero-order valence-electron chi connectivity index (χ0n) is 11.8. The average Bonchev–Trinajstić information content (AvgIpc) is 2.53. The van der Waals surface area contributed by atoms with Gasteiger partial charge in [0.05, 0.1) is 33.4 Å². The van der Waals surface area contributed by atoms with Gasteiger partial charge in [0.15, 0.2) is 0 Å². The minimum Gasteiger partial charge on any atom is -0.497 e.